The number of fused-ring (bicyclic) bond motifs is 1. The molecule has 0 unspecified atom stereocenters. The Bertz CT molecular complexity index is 567. The summed E-state index contributed by atoms with van der Waals surface area (Å²) >= 11 is 0. The molecule has 14 heavy (non-hydrogen) atoms. The molecule has 2 radical (unpaired) electrons. The summed E-state index contributed by atoms with van der Waals surface area (Å²) in [6, 6.07) is 13.3. The molecule has 2 aromatic carbocycles. The van der Waals surface area contributed by atoms with Crippen molar-refractivity contribution in [3.8, 4) is 0 Å². The molecule has 2 rings (SSSR count). The van der Waals surface area contributed by atoms with Gasteiger partial charge in [0.1, 0.15) is 4.90 Å². The van der Waals surface area contributed by atoms with Crippen molar-refractivity contribution in [2.24, 2.45) is 0 Å². The molecule has 0 atom stereocenters. The van der Waals surface area contributed by atoms with Crippen molar-refractivity contribution in [1.29, 1.82) is 0 Å². The second kappa shape index (κ2) is 3.08. The van der Waals surface area contributed by atoms with E-state index in [4.69, 9.17) is 4.55 Å². The molecule has 2 aromatic rings. The summed E-state index contributed by atoms with van der Waals surface area (Å²) in [6.45, 7) is 0. The van der Waals surface area contributed by atoms with E-state index in [1.165, 1.54) is 12.1 Å². The van der Waals surface area contributed by atoms with Gasteiger partial charge >= 0.3 is 0 Å². The third-order valence-corrected chi connectivity index (χ3v) is 2.77. The second-order valence-corrected chi connectivity index (χ2v) is 4.17. The summed E-state index contributed by atoms with van der Waals surface area (Å²) in [5.74, 6) is 0. The van der Waals surface area contributed by atoms with E-state index in [9.17, 15) is 8.42 Å². The Hall–Kier alpha value is -1.39. The van der Waals surface area contributed by atoms with Crippen LogP contribution in [0, 0.1) is 12.1 Å². The summed E-state index contributed by atoms with van der Waals surface area (Å²) in [5, 5.41) is 0.972. The SMILES string of the molecule is O=S(=O)(O)c1cc[c]c2[c]cccc12. The molecule has 70 valence electrons. The van der Waals surface area contributed by atoms with Crippen molar-refractivity contribution in [1.82, 2.24) is 0 Å². The van der Waals surface area contributed by atoms with Crippen LogP contribution in [0.1, 0.15) is 0 Å². The van der Waals surface area contributed by atoms with Crippen LogP contribution in [0.3, 0.4) is 0 Å². The highest BCUT2D eigenvalue weighted by molar-refractivity contribution is 7.86. The van der Waals surface area contributed by atoms with E-state index in [0.29, 0.717) is 10.8 Å². The standard InChI is InChI=1S/C10H6O3S/c11-14(12,13)10-7-3-5-8-4-1-2-6-9(8)10/h1-3,6-7H,(H,11,12,13). The molecule has 0 amide bonds. The molecule has 1 N–H and O–H groups in total. The van der Waals surface area contributed by atoms with Crippen LogP contribution < -0.4 is 0 Å². The van der Waals surface area contributed by atoms with Gasteiger partial charge in [-0.3, -0.25) is 4.55 Å². The van der Waals surface area contributed by atoms with Gasteiger partial charge in [-0.15, -0.1) is 0 Å². The van der Waals surface area contributed by atoms with Crippen molar-refractivity contribution < 1.29 is 13.0 Å². The largest absolute Gasteiger partial charge is 0.295 e. The molecular formula is C10H6O3S. The van der Waals surface area contributed by atoms with Gasteiger partial charge in [0.25, 0.3) is 10.1 Å². The van der Waals surface area contributed by atoms with E-state index >= 15 is 0 Å². The van der Waals surface area contributed by atoms with Gasteiger partial charge in [-0.05, 0) is 23.6 Å². The van der Waals surface area contributed by atoms with Crippen LogP contribution in [0.5, 0.6) is 0 Å². The predicted molar refractivity (Wildman–Crippen MR) is 51.4 cm³/mol. The molecule has 0 saturated heterocycles. The molecule has 0 spiro atoms. The second-order valence-electron chi connectivity index (χ2n) is 2.78. The predicted octanol–water partition coefficient (Wildman–Crippen LogP) is 1.69. The van der Waals surface area contributed by atoms with Crippen LogP contribution in [0.4, 0.5) is 0 Å². The fourth-order valence-electron chi connectivity index (χ4n) is 1.28. The van der Waals surface area contributed by atoms with Crippen molar-refractivity contribution in [3.05, 3.63) is 42.5 Å². The number of benzene rings is 2. The Kier molecular flexibility index (Phi) is 2.02. The van der Waals surface area contributed by atoms with E-state index in [-0.39, 0.29) is 4.90 Å². The molecular weight excluding hydrogens is 200 g/mol. The molecule has 0 saturated carbocycles. The lowest BCUT2D eigenvalue weighted by molar-refractivity contribution is 0.484. The topological polar surface area (TPSA) is 54.4 Å². The Morgan fingerprint density at radius 3 is 2.57 bits per heavy atom. The smallest absolute Gasteiger partial charge is 0.282 e. The van der Waals surface area contributed by atoms with Gasteiger partial charge in [-0.2, -0.15) is 8.42 Å². The zero-order valence-corrected chi connectivity index (χ0v) is 7.88. The minimum atomic E-state index is -4.17. The van der Waals surface area contributed by atoms with Crippen LogP contribution in [0.15, 0.2) is 35.2 Å². The van der Waals surface area contributed by atoms with Gasteiger partial charge < -0.3 is 0 Å². The lowest BCUT2D eigenvalue weighted by Crippen LogP contribution is -1.98. The maximum absolute atomic E-state index is 11.0. The Morgan fingerprint density at radius 2 is 1.86 bits per heavy atom. The van der Waals surface area contributed by atoms with Gasteiger partial charge in [0, 0.05) is 5.39 Å². The van der Waals surface area contributed by atoms with Gasteiger partial charge in [0.2, 0.25) is 0 Å². The van der Waals surface area contributed by atoms with Crippen LogP contribution in [0.25, 0.3) is 10.8 Å². The van der Waals surface area contributed by atoms with E-state index < -0.39 is 10.1 Å². The van der Waals surface area contributed by atoms with E-state index in [1.54, 1.807) is 18.2 Å². The fourth-order valence-corrected chi connectivity index (χ4v) is 1.97. The Balaban J connectivity index is 2.92. The lowest BCUT2D eigenvalue weighted by Gasteiger charge is -2.01. The van der Waals surface area contributed by atoms with Crippen molar-refractivity contribution >= 4 is 20.9 Å². The van der Waals surface area contributed by atoms with Gasteiger partial charge in [0.05, 0.1) is 0 Å². The summed E-state index contributed by atoms with van der Waals surface area (Å²) in [5.41, 5.74) is 0. The molecule has 0 heterocycles. The highest BCUT2D eigenvalue weighted by Crippen LogP contribution is 2.21. The molecule has 0 aliphatic carbocycles. The quantitative estimate of drug-likeness (QED) is 0.722. The molecule has 0 aliphatic rings. The summed E-state index contributed by atoms with van der Waals surface area (Å²) < 4.78 is 30.9. The van der Waals surface area contributed by atoms with Gasteiger partial charge in [0.15, 0.2) is 0 Å². The van der Waals surface area contributed by atoms with Crippen molar-refractivity contribution in [3.63, 3.8) is 0 Å². The third-order valence-electron chi connectivity index (χ3n) is 1.86. The molecule has 3 nitrogen and oxygen atoms in total. The average molecular weight is 206 g/mol. The summed E-state index contributed by atoms with van der Waals surface area (Å²) in [7, 11) is -4.17. The van der Waals surface area contributed by atoms with E-state index in [2.05, 4.69) is 12.1 Å². The molecule has 4 heteroatoms. The van der Waals surface area contributed by atoms with Crippen LogP contribution in [0.2, 0.25) is 0 Å². The van der Waals surface area contributed by atoms with E-state index in [1.807, 2.05) is 0 Å². The summed E-state index contributed by atoms with van der Waals surface area (Å²) in [6.07, 6.45) is 0. The first kappa shape index (κ1) is 9.18. The average Bonchev–Trinajstić information content (AvgIpc) is 2.15. The monoisotopic (exact) mass is 206 g/mol. The molecule has 0 bridgehead atoms. The fraction of sp³-hybridized carbons (Fsp3) is 0. The zero-order chi connectivity index (χ0) is 10.2. The minimum Gasteiger partial charge on any atom is -0.282 e. The molecule has 0 fully saturated rings. The number of hydrogen-bond acceptors (Lipinski definition) is 2. The lowest BCUT2D eigenvalue weighted by atomic mass is 10.1. The number of rotatable bonds is 1. The van der Waals surface area contributed by atoms with Crippen LogP contribution in [-0.2, 0) is 10.1 Å². The Morgan fingerprint density at radius 1 is 1.14 bits per heavy atom. The highest BCUT2D eigenvalue weighted by Gasteiger charge is 2.12. The van der Waals surface area contributed by atoms with Crippen molar-refractivity contribution in [2.75, 3.05) is 0 Å². The number of hydrogen-bond donors (Lipinski definition) is 1. The van der Waals surface area contributed by atoms with E-state index in [0.717, 1.165) is 0 Å². The maximum atomic E-state index is 11.0. The van der Waals surface area contributed by atoms with Crippen molar-refractivity contribution in [2.45, 2.75) is 4.90 Å². The van der Waals surface area contributed by atoms with Gasteiger partial charge in [-0.1, -0.05) is 24.3 Å². The third kappa shape index (κ3) is 1.49. The minimum absolute atomic E-state index is 0.108. The summed E-state index contributed by atoms with van der Waals surface area (Å²) in [4.78, 5) is -0.108. The van der Waals surface area contributed by atoms with Crippen LogP contribution >= 0.6 is 0 Å². The normalized spacial score (nSPS) is 11.8. The Labute approximate surface area is 81.7 Å². The zero-order valence-electron chi connectivity index (χ0n) is 7.06. The molecule has 0 aliphatic heterocycles. The highest BCUT2D eigenvalue weighted by atomic mass is 32.2. The maximum Gasteiger partial charge on any atom is 0.295 e. The first-order chi connectivity index (χ1) is 6.59. The van der Waals surface area contributed by atoms with Gasteiger partial charge in [-0.25, -0.2) is 0 Å². The van der Waals surface area contributed by atoms with Crippen LogP contribution in [-0.4, -0.2) is 13.0 Å². The molecule has 0 aromatic heterocycles. The first-order valence-corrected chi connectivity index (χ1v) is 5.31. The first-order valence-electron chi connectivity index (χ1n) is 3.87.